The van der Waals surface area contributed by atoms with E-state index in [9.17, 15) is 10.1 Å². The molecule has 0 saturated carbocycles. The Morgan fingerprint density at radius 3 is 2.16 bits per heavy atom. The summed E-state index contributed by atoms with van der Waals surface area (Å²) in [5.74, 6) is 1.95. The zero-order valence-corrected chi connectivity index (χ0v) is 16.5. The van der Waals surface area contributed by atoms with Crippen LogP contribution in [0.15, 0.2) is 79.3 Å². The molecule has 0 amide bonds. The van der Waals surface area contributed by atoms with Gasteiger partial charge in [0, 0.05) is 11.9 Å². The lowest BCUT2D eigenvalue weighted by molar-refractivity contribution is -0.383. The molecule has 0 spiro atoms. The van der Waals surface area contributed by atoms with Crippen LogP contribution in [0.2, 0.25) is 0 Å². The summed E-state index contributed by atoms with van der Waals surface area (Å²) >= 11 is 0. The van der Waals surface area contributed by atoms with Crippen molar-refractivity contribution in [1.82, 2.24) is 15.0 Å². The maximum Gasteiger partial charge on any atom is 0.353 e. The highest BCUT2D eigenvalue weighted by molar-refractivity contribution is 5.76. The van der Waals surface area contributed by atoms with Gasteiger partial charge >= 0.3 is 5.69 Å². The molecule has 154 valence electrons. The van der Waals surface area contributed by atoms with Crippen LogP contribution in [0.3, 0.4) is 0 Å². The van der Waals surface area contributed by atoms with Crippen LogP contribution >= 0.6 is 0 Å². The van der Waals surface area contributed by atoms with E-state index in [-0.39, 0.29) is 17.3 Å². The Morgan fingerprint density at radius 2 is 1.48 bits per heavy atom. The van der Waals surface area contributed by atoms with Gasteiger partial charge in [0.2, 0.25) is 11.6 Å². The second-order valence-electron chi connectivity index (χ2n) is 6.53. The summed E-state index contributed by atoms with van der Waals surface area (Å²) in [6, 6.07) is 20.1. The van der Waals surface area contributed by atoms with Gasteiger partial charge < -0.3 is 15.4 Å². The maximum absolute atomic E-state index is 11.8. The van der Waals surface area contributed by atoms with Gasteiger partial charge in [-0.25, -0.2) is 15.0 Å². The monoisotopic (exact) mass is 414 g/mol. The number of pyridine rings is 1. The van der Waals surface area contributed by atoms with E-state index in [2.05, 4.69) is 25.6 Å². The van der Waals surface area contributed by atoms with Gasteiger partial charge in [0.05, 0.1) is 4.92 Å². The predicted molar refractivity (Wildman–Crippen MR) is 117 cm³/mol. The minimum absolute atomic E-state index is 0.0494. The Kier molecular flexibility index (Phi) is 5.66. The first-order valence-corrected chi connectivity index (χ1v) is 9.38. The number of hydrogen-bond donors (Lipinski definition) is 2. The van der Waals surface area contributed by atoms with Crippen molar-refractivity contribution >= 4 is 28.8 Å². The van der Waals surface area contributed by atoms with Gasteiger partial charge in [-0.3, -0.25) is 10.1 Å². The zero-order valence-electron chi connectivity index (χ0n) is 16.5. The normalized spacial score (nSPS) is 10.4. The standard InChI is InChI=1S/C22H18N6O3/c1-15-6-5-13-23-20(15)27-22-19(28(29)30)21(24-14-25-22)26-16-9-11-18(12-10-16)31-17-7-3-2-4-8-17/h2-14H,1H3,(H2,23,24,25,26,27). The number of rotatable bonds is 7. The van der Waals surface area contributed by atoms with Crippen LogP contribution in [0.5, 0.6) is 11.5 Å². The second kappa shape index (κ2) is 8.87. The van der Waals surface area contributed by atoms with E-state index >= 15 is 0 Å². The van der Waals surface area contributed by atoms with Crippen molar-refractivity contribution in [3.05, 3.63) is 94.9 Å². The predicted octanol–water partition coefficient (Wildman–Crippen LogP) is 5.37. The lowest BCUT2D eigenvalue weighted by Gasteiger charge is -2.11. The van der Waals surface area contributed by atoms with E-state index in [1.165, 1.54) is 6.33 Å². The van der Waals surface area contributed by atoms with Gasteiger partial charge in [-0.1, -0.05) is 24.3 Å². The molecule has 0 unspecified atom stereocenters. The maximum atomic E-state index is 11.8. The molecule has 0 fully saturated rings. The van der Waals surface area contributed by atoms with Crippen LogP contribution in [-0.2, 0) is 0 Å². The smallest absolute Gasteiger partial charge is 0.353 e. The summed E-state index contributed by atoms with van der Waals surface area (Å²) in [7, 11) is 0. The number of aromatic nitrogens is 3. The third-order valence-electron chi connectivity index (χ3n) is 4.35. The summed E-state index contributed by atoms with van der Waals surface area (Å²) in [5.41, 5.74) is 1.17. The molecule has 2 aromatic heterocycles. The highest BCUT2D eigenvalue weighted by Crippen LogP contribution is 2.33. The first-order chi connectivity index (χ1) is 15.1. The Hall–Kier alpha value is -4.53. The van der Waals surface area contributed by atoms with Crippen LogP contribution in [0.1, 0.15) is 5.56 Å². The van der Waals surface area contributed by atoms with Crippen LogP contribution in [0.25, 0.3) is 0 Å². The molecule has 0 aliphatic carbocycles. The van der Waals surface area contributed by atoms with Crippen LogP contribution in [0, 0.1) is 17.0 Å². The molecule has 0 aliphatic heterocycles. The fourth-order valence-corrected chi connectivity index (χ4v) is 2.83. The van der Waals surface area contributed by atoms with E-state index in [1.807, 2.05) is 43.3 Å². The van der Waals surface area contributed by atoms with Crippen LogP contribution in [-0.4, -0.2) is 19.9 Å². The molecule has 0 aliphatic rings. The zero-order chi connectivity index (χ0) is 21.6. The van der Waals surface area contributed by atoms with Gasteiger partial charge in [-0.2, -0.15) is 0 Å². The summed E-state index contributed by atoms with van der Waals surface area (Å²) < 4.78 is 5.76. The Morgan fingerprint density at radius 1 is 0.806 bits per heavy atom. The third kappa shape index (κ3) is 4.73. The molecule has 9 heteroatoms. The number of aryl methyl sites for hydroxylation is 1. The number of benzene rings is 2. The Bertz CT molecular complexity index is 1200. The molecule has 0 radical (unpaired) electrons. The summed E-state index contributed by atoms with van der Waals surface area (Å²) in [6.07, 6.45) is 2.85. The molecular weight excluding hydrogens is 396 g/mol. The molecule has 2 aromatic carbocycles. The molecular formula is C22H18N6O3. The first kappa shape index (κ1) is 19.8. The molecule has 2 heterocycles. The number of nitro groups is 1. The lowest BCUT2D eigenvalue weighted by atomic mass is 10.2. The minimum Gasteiger partial charge on any atom is -0.457 e. The average Bonchev–Trinajstić information content (AvgIpc) is 2.77. The molecule has 4 rings (SSSR count). The van der Waals surface area contributed by atoms with Gasteiger partial charge in [0.1, 0.15) is 23.6 Å². The number of nitrogens with one attached hydrogen (secondary N) is 2. The number of nitrogens with zero attached hydrogens (tertiary/aromatic N) is 4. The van der Waals surface area contributed by atoms with Crippen molar-refractivity contribution < 1.29 is 9.66 Å². The Labute approximate surface area is 177 Å². The fourth-order valence-electron chi connectivity index (χ4n) is 2.83. The van der Waals surface area contributed by atoms with Crippen molar-refractivity contribution in [2.24, 2.45) is 0 Å². The molecule has 31 heavy (non-hydrogen) atoms. The van der Waals surface area contributed by atoms with Crippen LogP contribution < -0.4 is 15.4 Å². The van der Waals surface area contributed by atoms with Crippen molar-refractivity contribution in [2.75, 3.05) is 10.6 Å². The van der Waals surface area contributed by atoms with E-state index in [1.54, 1.807) is 36.5 Å². The van der Waals surface area contributed by atoms with Gasteiger partial charge in [0.15, 0.2) is 0 Å². The molecule has 9 nitrogen and oxygen atoms in total. The van der Waals surface area contributed by atoms with Gasteiger partial charge in [-0.15, -0.1) is 0 Å². The third-order valence-corrected chi connectivity index (χ3v) is 4.35. The fraction of sp³-hybridized carbons (Fsp3) is 0.0455. The summed E-state index contributed by atoms with van der Waals surface area (Å²) in [6.45, 7) is 1.85. The molecule has 0 atom stereocenters. The lowest BCUT2D eigenvalue weighted by Crippen LogP contribution is -2.06. The van der Waals surface area contributed by atoms with Crippen molar-refractivity contribution in [3.8, 4) is 11.5 Å². The Balaban J connectivity index is 1.57. The quantitative estimate of drug-likeness (QED) is 0.306. The topological polar surface area (TPSA) is 115 Å². The van der Waals surface area contributed by atoms with Gasteiger partial charge in [0.25, 0.3) is 0 Å². The van der Waals surface area contributed by atoms with Crippen LogP contribution in [0.4, 0.5) is 28.8 Å². The molecule has 4 aromatic rings. The van der Waals surface area contributed by atoms with E-state index in [0.717, 1.165) is 11.3 Å². The first-order valence-electron chi connectivity index (χ1n) is 9.38. The highest BCUT2D eigenvalue weighted by atomic mass is 16.6. The summed E-state index contributed by atoms with van der Waals surface area (Å²) in [4.78, 5) is 23.5. The SMILES string of the molecule is Cc1cccnc1Nc1ncnc(Nc2ccc(Oc3ccccc3)cc2)c1[N+](=O)[O-]. The molecule has 0 bridgehead atoms. The van der Waals surface area contributed by atoms with Crippen molar-refractivity contribution in [2.45, 2.75) is 6.92 Å². The van der Waals surface area contributed by atoms with Gasteiger partial charge in [-0.05, 0) is 55.0 Å². The molecule has 2 N–H and O–H groups in total. The average molecular weight is 414 g/mol. The van der Waals surface area contributed by atoms with Crippen molar-refractivity contribution in [3.63, 3.8) is 0 Å². The molecule has 0 saturated heterocycles. The highest BCUT2D eigenvalue weighted by Gasteiger charge is 2.24. The number of hydrogen-bond acceptors (Lipinski definition) is 8. The summed E-state index contributed by atoms with van der Waals surface area (Å²) in [5, 5.41) is 17.7. The largest absolute Gasteiger partial charge is 0.457 e. The number of anilines is 4. The van der Waals surface area contributed by atoms with E-state index < -0.39 is 4.92 Å². The number of para-hydroxylation sites is 1. The van der Waals surface area contributed by atoms with E-state index in [4.69, 9.17) is 4.74 Å². The second-order valence-corrected chi connectivity index (χ2v) is 6.53. The minimum atomic E-state index is -0.532. The van der Waals surface area contributed by atoms with E-state index in [0.29, 0.717) is 17.3 Å². The number of ether oxygens (including phenoxy) is 1. The van der Waals surface area contributed by atoms with Crippen molar-refractivity contribution in [1.29, 1.82) is 0 Å².